The van der Waals surface area contributed by atoms with Gasteiger partial charge in [0.1, 0.15) is 10.4 Å². The second kappa shape index (κ2) is 9.69. The van der Waals surface area contributed by atoms with Gasteiger partial charge in [0.05, 0.1) is 4.91 Å². The topological polar surface area (TPSA) is 86.7 Å². The Morgan fingerprint density at radius 1 is 1.13 bits per heavy atom. The fourth-order valence-corrected chi connectivity index (χ4v) is 4.14. The Bertz CT molecular complexity index is 1000. The average molecular weight is 441 g/mol. The Morgan fingerprint density at radius 3 is 2.40 bits per heavy atom. The fourth-order valence-electron chi connectivity index (χ4n) is 2.84. The number of hydrogen-bond acceptors (Lipinski definition) is 5. The summed E-state index contributed by atoms with van der Waals surface area (Å²) in [5, 5.41) is 11.2. The minimum atomic E-state index is -1.12. The number of nitrogens with zero attached hydrogens (tertiary/aromatic N) is 1. The van der Waals surface area contributed by atoms with Crippen LogP contribution in [0.3, 0.4) is 0 Å². The maximum atomic E-state index is 12.7. The highest BCUT2D eigenvalue weighted by atomic mass is 32.2. The molecular weight excluding hydrogens is 420 g/mol. The van der Waals surface area contributed by atoms with Crippen LogP contribution in [0.15, 0.2) is 59.5 Å². The van der Waals surface area contributed by atoms with Crippen molar-refractivity contribution < 1.29 is 19.5 Å². The first-order valence-corrected chi connectivity index (χ1v) is 10.5. The molecule has 2 amide bonds. The molecule has 0 saturated carbocycles. The highest BCUT2D eigenvalue weighted by molar-refractivity contribution is 8.26. The Balaban J connectivity index is 1.63. The van der Waals surface area contributed by atoms with Crippen LogP contribution in [0.4, 0.5) is 0 Å². The van der Waals surface area contributed by atoms with E-state index in [1.54, 1.807) is 6.08 Å². The van der Waals surface area contributed by atoms with Gasteiger partial charge in [0, 0.05) is 13.0 Å². The lowest BCUT2D eigenvalue weighted by atomic mass is 10.0. The summed E-state index contributed by atoms with van der Waals surface area (Å²) in [6.45, 7) is 1.48. The standard InChI is InChI=1S/C22H20N2O4S2/c1-14(21(27)28)23-19(25)11-12-24-20(26)18(30-22(24)29)13-15-7-9-17(10-8-15)16-5-3-2-4-6-16/h2-10,13-14H,11-12H2,1H3,(H,23,25)(H,27,28)/b18-13-. The molecular formula is C22H20N2O4S2. The number of amides is 2. The van der Waals surface area contributed by atoms with Gasteiger partial charge in [0.2, 0.25) is 5.91 Å². The van der Waals surface area contributed by atoms with Gasteiger partial charge in [-0.05, 0) is 29.7 Å². The Kier molecular flexibility index (Phi) is 7.02. The zero-order valence-electron chi connectivity index (χ0n) is 16.2. The maximum absolute atomic E-state index is 12.7. The third kappa shape index (κ3) is 5.34. The number of thiocarbonyl (C=S) groups is 1. The summed E-state index contributed by atoms with van der Waals surface area (Å²) in [4.78, 5) is 37.2. The van der Waals surface area contributed by atoms with Gasteiger partial charge in [0.15, 0.2) is 0 Å². The lowest BCUT2D eigenvalue weighted by molar-refractivity contribution is -0.141. The maximum Gasteiger partial charge on any atom is 0.325 e. The van der Waals surface area contributed by atoms with Gasteiger partial charge in [-0.1, -0.05) is 78.6 Å². The van der Waals surface area contributed by atoms with Crippen molar-refractivity contribution in [3.8, 4) is 11.1 Å². The third-order valence-electron chi connectivity index (χ3n) is 4.50. The number of carbonyl (C=O) groups excluding carboxylic acids is 2. The van der Waals surface area contributed by atoms with Crippen LogP contribution < -0.4 is 5.32 Å². The SMILES string of the molecule is CC(NC(=O)CCN1C(=O)/C(=C/c2ccc(-c3ccccc3)cc2)SC1=S)C(=O)O. The summed E-state index contributed by atoms with van der Waals surface area (Å²) in [5.74, 6) is -1.81. The number of benzene rings is 2. The summed E-state index contributed by atoms with van der Waals surface area (Å²) in [6.07, 6.45) is 1.75. The van der Waals surface area contributed by atoms with E-state index in [9.17, 15) is 14.4 Å². The number of carboxylic acid groups (broad SMARTS) is 1. The van der Waals surface area contributed by atoms with Gasteiger partial charge in [-0.25, -0.2) is 0 Å². The first kappa shape index (κ1) is 21.7. The average Bonchev–Trinajstić information content (AvgIpc) is 3.00. The highest BCUT2D eigenvalue weighted by Gasteiger charge is 2.32. The second-order valence-corrected chi connectivity index (χ2v) is 8.37. The summed E-state index contributed by atoms with van der Waals surface area (Å²) in [6, 6.07) is 16.9. The van der Waals surface area contributed by atoms with E-state index in [-0.39, 0.29) is 18.9 Å². The Hall–Kier alpha value is -2.97. The lowest BCUT2D eigenvalue weighted by Gasteiger charge is -2.15. The predicted molar refractivity (Wildman–Crippen MR) is 122 cm³/mol. The van der Waals surface area contributed by atoms with Gasteiger partial charge >= 0.3 is 5.97 Å². The molecule has 1 atom stereocenters. The third-order valence-corrected chi connectivity index (χ3v) is 5.88. The van der Waals surface area contributed by atoms with Crippen molar-refractivity contribution >= 4 is 52.2 Å². The van der Waals surface area contributed by atoms with Crippen LogP contribution in [-0.2, 0) is 14.4 Å². The minimum absolute atomic E-state index is 0.0247. The van der Waals surface area contributed by atoms with E-state index in [1.165, 1.54) is 23.6 Å². The smallest absolute Gasteiger partial charge is 0.325 e. The van der Waals surface area contributed by atoms with E-state index in [0.717, 1.165) is 16.7 Å². The fraction of sp³-hybridized carbons (Fsp3) is 0.182. The zero-order valence-corrected chi connectivity index (χ0v) is 17.8. The molecule has 1 heterocycles. The molecule has 2 N–H and O–H groups in total. The Labute approximate surface area is 184 Å². The van der Waals surface area contributed by atoms with Crippen molar-refractivity contribution in [2.45, 2.75) is 19.4 Å². The molecule has 6 nitrogen and oxygen atoms in total. The highest BCUT2D eigenvalue weighted by Crippen LogP contribution is 2.33. The molecule has 3 rings (SSSR count). The molecule has 1 aliphatic rings. The van der Waals surface area contributed by atoms with E-state index in [4.69, 9.17) is 17.3 Å². The largest absolute Gasteiger partial charge is 0.480 e. The summed E-state index contributed by atoms with van der Waals surface area (Å²) >= 11 is 6.47. The minimum Gasteiger partial charge on any atom is -0.480 e. The Morgan fingerprint density at radius 2 is 1.77 bits per heavy atom. The summed E-state index contributed by atoms with van der Waals surface area (Å²) in [5.41, 5.74) is 3.08. The van der Waals surface area contributed by atoms with Gasteiger partial charge in [-0.2, -0.15) is 0 Å². The molecule has 0 aromatic heterocycles. The molecule has 1 aliphatic heterocycles. The number of nitrogens with one attached hydrogen (secondary N) is 1. The van der Waals surface area contributed by atoms with E-state index in [2.05, 4.69) is 5.32 Å². The molecule has 2 aromatic rings. The first-order valence-electron chi connectivity index (χ1n) is 9.28. The van der Waals surface area contributed by atoms with Crippen LogP contribution in [0.5, 0.6) is 0 Å². The monoisotopic (exact) mass is 440 g/mol. The zero-order chi connectivity index (χ0) is 21.7. The number of carboxylic acids is 1. The molecule has 2 aromatic carbocycles. The molecule has 30 heavy (non-hydrogen) atoms. The molecule has 0 bridgehead atoms. The van der Waals surface area contributed by atoms with E-state index in [0.29, 0.717) is 9.23 Å². The number of rotatable bonds is 7. The van der Waals surface area contributed by atoms with E-state index < -0.39 is 17.9 Å². The number of hydrogen-bond donors (Lipinski definition) is 2. The van der Waals surface area contributed by atoms with E-state index >= 15 is 0 Å². The van der Waals surface area contributed by atoms with Crippen molar-refractivity contribution in [3.63, 3.8) is 0 Å². The van der Waals surface area contributed by atoms with Crippen LogP contribution in [0.1, 0.15) is 18.9 Å². The molecule has 1 unspecified atom stereocenters. The molecule has 1 saturated heterocycles. The lowest BCUT2D eigenvalue weighted by Crippen LogP contribution is -2.40. The van der Waals surface area contributed by atoms with Gasteiger partial charge in [0.25, 0.3) is 5.91 Å². The second-order valence-electron chi connectivity index (χ2n) is 6.70. The van der Waals surface area contributed by atoms with Crippen molar-refractivity contribution in [1.82, 2.24) is 10.2 Å². The van der Waals surface area contributed by atoms with Crippen LogP contribution in [0.2, 0.25) is 0 Å². The van der Waals surface area contributed by atoms with E-state index in [1.807, 2.05) is 54.6 Å². The van der Waals surface area contributed by atoms with Crippen LogP contribution in [-0.4, -0.2) is 44.7 Å². The molecule has 0 radical (unpaired) electrons. The van der Waals surface area contributed by atoms with Crippen LogP contribution in [0.25, 0.3) is 17.2 Å². The summed E-state index contributed by atoms with van der Waals surface area (Å²) < 4.78 is 0.381. The molecule has 1 fully saturated rings. The molecule has 154 valence electrons. The molecule has 0 spiro atoms. The number of aliphatic carboxylic acids is 1. The van der Waals surface area contributed by atoms with Crippen molar-refractivity contribution in [1.29, 1.82) is 0 Å². The summed E-state index contributed by atoms with van der Waals surface area (Å²) in [7, 11) is 0. The normalized spacial score (nSPS) is 16.0. The quantitative estimate of drug-likeness (QED) is 0.506. The van der Waals surface area contributed by atoms with Gasteiger partial charge in [-0.15, -0.1) is 0 Å². The molecule has 0 aliphatic carbocycles. The van der Waals surface area contributed by atoms with Crippen molar-refractivity contribution in [2.24, 2.45) is 0 Å². The predicted octanol–water partition coefficient (Wildman–Crippen LogP) is 3.53. The number of carbonyl (C=O) groups is 3. The van der Waals surface area contributed by atoms with Crippen LogP contribution in [0, 0.1) is 0 Å². The van der Waals surface area contributed by atoms with Gasteiger partial charge in [-0.3, -0.25) is 19.3 Å². The van der Waals surface area contributed by atoms with Gasteiger partial charge < -0.3 is 10.4 Å². The van der Waals surface area contributed by atoms with Crippen molar-refractivity contribution in [2.75, 3.05) is 6.54 Å². The van der Waals surface area contributed by atoms with Crippen LogP contribution >= 0.6 is 24.0 Å². The molecule has 8 heteroatoms. The number of thioether (sulfide) groups is 1. The first-order chi connectivity index (χ1) is 14.3. The van der Waals surface area contributed by atoms with Crippen molar-refractivity contribution in [3.05, 3.63) is 65.1 Å².